The number of hydrogen-bond donors (Lipinski definition) is 1. The van der Waals surface area contributed by atoms with Crippen molar-refractivity contribution in [2.24, 2.45) is 11.3 Å². The summed E-state index contributed by atoms with van der Waals surface area (Å²) in [4.78, 5) is 0. The Bertz CT molecular complexity index is 248. The smallest absolute Gasteiger partial charge is 0.175 e. The molecule has 0 aromatic rings. The highest BCUT2D eigenvalue weighted by molar-refractivity contribution is 5.09. The van der Waals surface area contributed by atoms with E-state index in [0.29, 0.717) is 5.92 Å². The van der Waals surface area contributed by atoms with Gasteiger partial charge in [0.25, 0.3) is 0 Å². The Morgan fingerprint density at radius 3 is 2.67 bits per heavy atom. The maximum atomic E-state index is 5.89. The molecule has 1 saturated carbocycles. The molecular weight excluding hydrogens is 190 g/mol. The maximum absolute atomic E-state index is 5.89. The van der Waals surface area contributed by atoms with E-state index in [0.717, 1.165) is 32.6 Å². The van der Waals surface area contributed by atoms with E-state index in [4.69, 9.17) is 9.47 Å². The highest BCUT2D eigenvalue weighted by atomic mass is 16.7. The Morgan fingerprint density at radius 1 is 1.47 bits per heavy atom. The molecule has 1 aliphatic heterocycles. The minimum atomic E-state index is -0.366. The van der Waals surface area contributed by atoms with Crippen LogP contribution in [0.1, 0.15) is 19.8 Å². The van der Waals surface area contributed by atoms with Gasteiger partial charge in [0.2, 0.25) is 0 Å². The van der Waals surface area contributed by atoms with E-state index in [2.05, 4.69) is 24.9 Å². The van der Waals surface area contributed by atoms with Crippen LogP contribution in [0, 0.1) is 11.3 Å². The highest BCUT2D eigenvalue weighted by Gasteiger charge is 2.59. The van der Waals surface area contributed by atoms with Crippen molar-refractivity contribution < 1.29 is 9.47 Å². The molecule has 2 atom stereocenters. The molecule has 2 rings (SSSR count). The summed E-state index contributed by atoms with van der Waals surface area (Å²) in [5, 5.41) is 3.26. The SMILES string of the molecule is C=CC1CCC2(OCCO2)C1(C)CNC. The third-order valence-electron chi connectivity index (χ3n) is 4.06. The molecule has 1 heterocycles. The van der Waals surface area contributed by atoms with Crippen molar-refractivity contribution in [2.75, 3.05) is 26.8 Å². The fourth-order valence-electron chi connectivity index (χ4n) is 3.17. The normalized spacial score (nSPS) is 38.7. The summed E-state index contributed by atoms with van der Waals surface area (Å²) in [5.74, 6) is 0.109. The van der Waals surface area contributed by atoms with Crippen molar-refractivity contribution in [2.45, 2.75) is 25.6 Å². The predicted octanol–water partition coefficient (Wildman–Crippen LogP) is 1.55. The van der Waals surface area contributed by atoms with Gasteiger partial charge >= 0.3 is 0 Å². The average molecular weight is 211 g/mol. The molecule has 0 radical (unpaired) electrons. The van der Waals surface area contributed by atoms with Gasteiger partial charge < -0.3 is 14.8 Å². The van der Waals surface area contributed by atoms with Gasteiger partial charge in [0, 0.05) is 18.4 Å². The average Bonchev–Trinajstić information content (AvgIpc) is 2.77. The van der Waals surface area contributed by atoms with E-state index in [1.165, 1.54) is 0 Å². The summed E-state index contributed by atoms with van der Waals surface area (Å²) >= 11 is 0. The van der Waals surface area contributed by atoms with E-state index < -0.39 is 0 Å². The van der Waals surface area contributed by atoms with Crippen LogP contribution in [0.4, 0.5) is 0 Å². The standard InChI is InChI=1S/C12H21NO2/c1-4-10-5-6-12(14-7-8-15-12)11(10,2)9-13-3/h4,10,13H,1,5-9H2,2-3H3. The predicted molar refractivity (Wildman–Crippen MR) is 59.6 cm³/mol. The van der Waals surface area contributed by atoms with Crippen molar-refractivity contribution in [3.8, 4) is 0 Å². The van der Waals surface area contributed by atoms with Gasteiger partial charge in [-0.25, -0.2) is 0 Å². The van der Waals surface area contributed by atoms with E-state index in [1.807, 2.05) is 7.05 Å². The zero-order chi connectivity index (χ0) is 10.9. The second-order valence-electron chi connectivity index (χ2n) is 4.78. The first-order valence-electron chi connectivity index (χ1n) is 5.73. The van der Waals surface area contributed by atoms with E-state index in [-0.39, 0.29) is 11.2 Å². The van der Waals surface area contributed by atoms with Crippen LogP contribution in [0.15, 0.2) is 12.7 Å². The van der Waals surface area contributed by atoms with Crippen LogP contribution in [0.3, 0.4) is 0 Å². The summed E-state index contributed by atoms with van der Waals surface area (Å²) in [5.41, 5.74) is 0.0139. The Hall–Kier alpha value is -0.380. The molecule has 15 heavy (non-hydrogen) atoms. The molecule has 3 nitrogen and oxygen atoms in total. The second kappa shape index (κ2) is 3.89. The molecule has 0 aromatic carbocycles. The van der Waals surface area contributed by atoms with Gasteiger partial charge in [-0.2, -0.15) is 0 Å². The zero-order valence-electron chi connectivity index (χ0n) is 9.71. The van der Waals surface area contributed by atoms with Gasteiger partial charge in [-0.3, -0.25) is 0 Å². The van der Waals surface area contributed by atoms with Gasteiger partial charge in [0.1, 0.15) is 0 Å². The molecule has 2 fully saturated rings. The monoisotopic (exact) mass is 211 g/mol. The Labute approximate surface area is 91.8 Å². The van der Waals surface area contributed by atoms with E-state index in [1.54, 1.807) is 0 Å². The van der Waals surface area contributed by atoms with Crippen molar-refractivity contribution in [1.29, 1.82) is 0 Å². The highest BCUT2D eigenvalue weighted by Crippen LogP contribution is 2.54. The molecule has 86 valence electrons. The minimum absolute atomic E-state index is 0.0139. The third kappa shape index (κ3) is 1.45. The number of nitrogens with one attached hydrogen (secondary N) is 1. The molecule has 0 bridgehead atoms. The Kier molecular flexibility index (Phi) is 2.88. The Morgan fingerprint density at radius 2 is 2.13 bits per heavy atom. The largest absolute Gasteiger partial charge is 0.347 e. The quantitative estimate of drug-likeness (QED) is 0.718. The molecular formula is C12H21NO2. The van der Waals surface area contributed by atoms with Crippen molar-refractivity contribution >= 4 is 0 Å². The van der Waals surface area contributed by atoms with Crippen LogP contribution >= 0.6 is 0 Å². The second-order valence-corrected chi connectivity index (χ2v) is 4.78. The van der Waals surface area contributed by atoms with Crippen LogP contribution in [-0.4, -0.2) is 32.6 Å². The first-order chi connectivity index (χ1) is 7.18. The fraction of sp³-hybridized carbons (Fsp3) is 0.833. The molecule has 1 spiro atoms. The summed E-state index contributed by atoms with van der Waals surface area (Å²) in [6, 6.07) is 0. The molecule has 0 aromatic heterocycles. The van der Waals surface area contributed by atoms with Crippen LogP contribution in [-0.2, 0) is 9.47 Å². The number of allylic oxidation sites excluding steroid dienone is 1. The lowest BCUT2D eigenvalue weighted by Gasteiger charge is -2.41. The first-order valence-corrected chi connectivity index (χ1v) is 5.73. The zero-order valence-corrected chi connectivity index (χ0v) is 9.71. The lowest BCUT2D eigenvalue weighted by Crippen LogP contribution is -2.51. The van der Waals surface area contributed by atoms with Crippen molar-refractivity contribution in [1.82, 2.24) is 5.32 Å². The molecule has 1 saturated heterocycles. The number of ether oxygens (including phenoxy) is 2. The fourth-order valence-corrected chi connectivity index (χ4v) is 3.17. The van der Waals surface area contributed by atoms with Gasteiger partial charge in [-0.1, -0.05) is 13.0 Å². The van der Waals surface area contributed by atoms with Crippen LogP contribution in [0.25, 0.3) is 0 Å². The molecule has 2 unspecified atom stereocenters. The minimum Gasteiger partial charge on any atom is -0.347 e. The first kappa shape index (κ1) is 11.1. The van der Waals surface area contributed by atoms with Crippen molar-refractivity contribution in [3.05, 3.63) is 12.7 Å². The van der Waals surface area contributed by atoms with Crippen LogP contribution in [0.2, 0.25) is 0 Å². The topological polar surface area (TPSA) is 30.5 Å². The molecule has 1 N–H and O–H groups in total. The van der Waals surface area contributed by atoms with Gasteiger partial charge in [-0.05, 0) is 19.4 Å². The lowest BCUT2D eigenvalue weighted by atomic mass is 9.76. The van der Waals surface area contributed by atoms with Crippen LogP contribution in [0.5, 0.6) is 0 Å². The van der Waals surface area contributed by atoms with Gasteiger partial charge in [0.05, 0.1) is 13.2 Å². The van der Waals surface area contributed by atoms with Gasteiger partial charge in [-0.15, -0.1) is 6.58 Å². The lowest BCUT2D eigenvalue weighted by molar-refractivity contribution is -0.219. The van der Waals surface area contributed by atoms with Crippen molar-refractivity contribution in [3.63, 3.8) is 0 Å². The van der Waals surface area contributed by atoms with E-state index >= 15 is 0 Å². The summed E-state index contributed by atoms with van der Waals surface area (Å²) in [6.07, 6.45) is 4.15. The number of rotatable bonds is 3. The molecule has 3 heteroatoms. The van der Waals surface area contributed by atoms with E-state index in [9.17, 15) is 0 Å². The molecule has 2 aliphatic rings. The molecule has 0 amide bonds. The molecule has 1 aliphatic carbocycles. The third-order valence-corrected chi connectivity index (χ3v) is 4.06. The summed E-state index contributed by atoms with van der Waals surface area (Å²) in [7, 11) is 1.98. The Balaban J connectivity index is 2.28. The number of hydrogen-bond acceptors (Lipinski definition) is 3. The summed E-state index contributed by atoms with van der Waals surface area (Å²) < 4.78 is 11.8. The maximum Gasteiger partial charge on any atom is 0.175 e. The van der Waals surface area contributed by atoms with Gasteiger partial charge in [0.15, 0.2) is 5.79 Å². The van der Waals surface area contributed by atoms with Crippen LogP contribution < -0.4 is 5.32 Å². The summed E-state index contributed by atoms with van der Waals surface area (Å²) in [6.45, 7) is 8.54.